The molecule has 8 heteroatoms. The van der Waals surface area contributed by atoms with Gasteiger partial charge in [-0.2, -0.15) is 0 Å². The van der Waals surface area contributed by atoms with Crippen LogP contribution in [-0.2, 0) is 16.0 Å². The summed E-state index contributed by atoms with van der Waals surface area (Å²) in [5, 5.41) is 40.2. The second kappa shape index (κ2) is 5.86. The van der Waals surface area contributed by atoms with E-state index in [1.54, 1.807) is 30.5 Å². The first-order valence-corrected chi connectivity index (χ1v) is 6.32. The fourth-order valence-corrected chi connectivity index (χ4v) is 2.24. The minimum absolute atomic E-state index is 0.335. The highest BCUT2D eigenvalue weighted by Gasteiger charge is 2.40. The fraction of sp³-hybridized carbons (Fsp3) is 0.214. The topological polar surface area (TPSA) is 143 Å². The monoisotopic (exact) mass is 306 g/mol. The summed E-state index contributed by atoms with van der Waals surface area (Å²) in [5.41, 5.74) is -1.95. The summed E-state index contributed by atoms with van der Waals surface area (Å²) in [7, 11) is 0. The van der Waals surface area contributed by atoms with Gasteiger partial charge in [0, 0.05) is 29.9 Å². The summed E-state index contributed by atoms with van der Waals surface area (Å²) in [6, 6.07) is 7.10. The molecule has 0 fully saturated rings. The minimum atomic E-state index is -2.40. The standard InChI is InChI=1S/C14H14N2O6/c17-12(18)11(16-22)6-14(21,13(19)20)5-8-7-15-10-4-2-1-3-9(8)10/h1-4,7,15,21-22H,5-6H2,(H,17,18)(H,19,20)/b16-11-. The molecule has 1 unspecified atom stereocenters. The Morgan fingerprint density at radius 2 is 1.91 bits per heavy atom. The first-order chi connectivity index (χ1) is 10.4. The lowest BCUT2D eigenvalue weighted by Crippen LogP contribution is -2.44. The van der Waals surface area contributed by atoms with Crippen LogP contribution in [0.15, 0.2) is 35.6 Å². The van der Waals surface area contributed by atoms with Crippen LogP contribution in [0.5, 0.6) is 0 Å². The number of aromatic nitrogens is 1. The largest absolute Gasteiger partial charge is 0.479 e. The minimum Gasteiger partial charge on any atom is -0.479 e. The number of carboxylic acids is 2. The number of hydrogen-bond donors (Lipinski definition) is 5. The number of rotatable bonds is 6. The number of carbonyl (C=O) groups is 2. The van der Waals surface area contributed by atoms with Crippen LogP contribution in [0.4, 0.5) is 0 Å². The Morgan fingerprint density at radius 3 is 2.50 bits per heavy atom. The molecule has 116 valence electrons. The second-order valence-electron chi connectivity index (χ2n) is 4.90. The van der Waals surface area contributed by atoms with Crippen molar-refractivity contribution in [1.82, 2.24) is 4.98 Å². The zero-order valence-electron chi connectivity index (χ0n) is 11.4. The van der Waals surface area contributed by atoms with Gasteiger partial charge in [-0.25, -0.2) is 9.59 Å². The SMILES string of the molecule is O=C(O)/C(CC(O)(Cc1c[nH]c2ccccc12)C(=O)O)=N\O. The van der Waals surface area contributed by atoms with Crippen molar-refractivity contribution < 1.29 is 30.1 Å². The number of para-hydroxylation sites is 1. The van der Waals surface area contributed by atoms with Crippen LogP contribution in [0.25, 0.3) is 10.9 Å². The zero-order chi connectivity index (χ0) is 16.3. The molecular weight excluding hydrogens is 292 g/mol. The molecule has 0 saturated carbocycles. The Bertz CT molecular complexity index is 751. The normalized spacial score (nSPS) is 14.7. The van der Waals surface area contributed by atoms with Crippen molar-refractivity contribution in [2.75, 3.05) is 0 Å². The molecule has 0 saturated heterocycles. The molecule has 0 spiro atoms. The van der Waals surface area contributed by atoms with Gasteiger partial charge in [0.25, 0.3) is 0 Å². The van der Waals surface area contributed by atoms with Gasteiger partial charge in [0.15, 0.2) is 11.3 Å². The molecule has 0 bridgehead atoms. The molecule has 0 radical (unpaired) electrons. The van der Waals surface area contributed by atoms with Gasteiger partial charge < -0.3 is 25.5 Å². The summed E-state index contributed by atoms with van der Waals surface area (Å²) in [6.07, 6.45) is 0.390. The first-order valence-electron chi connectivity index (χ1n) is 6.32. The maximum Gasteiger partial charge on any atom is 0.353 e. The van der Waals surface area contributed by atoms with Crippen LogP contribution in [0.1, 0.15) is 12.0 Å². The van der Waals surface area contributed by atoms with E-state index in [9.17, 15) is 19.8 Å². The highest BCUT2D eigenvalue weighted by molar-refractivity contribution is 6.36. The maximum atomic E-state index is 11.4. The summed E-state index contributed by atoms with van der Waals surface area (Å²) in [4.78, 5) is 25.2. The molecule has 0 aliphatic rings. The van der Waals surface area contributed by atoms with E-state index >= 15 is 0 Å². The van der Waals surface area contributed by atoms with Crippen molar-refractivity contribution in [2.45, 2.75) is 18.4 Å². The molecule has 0 amide bonds. The number of carboxylic acid groups (broad SMARTS) is 2. The van der Waals surface area contributed by atoms with E-state index in [4.69, 9.17) is 10.3 Å². The molecule has 5 N–H and O–H groups in total. The molecule has 1 heterocycles. The molecule has 0 aliphatic heterocycles. The molecule has 2 rings (SSSR count). The van der Waals surface area contributed by atoms with Gasteiger partial charge in [-0.3, -0.25) is 0 Å². The Morgan fingerprint density at radius 1 is 1.23 bits per heavy atom. The molecule has 1 atom stereocenters. The van der Waals surface area contributed by atoms with E-state index in [0.717, 1.165) is 10.9 Å². The number of aliphatic hydroxyl groups is 1. The van der Waals surface area contributed by atoms with Crippen LogP contribution in [0.3, 0.4) is 0 Å². The third kappa shape index (κ3) is 2.91. The zero-order valence-corrected chi connectivity index (χ0v) is 11.4. The lowest BCUT2D eigenvalue weighted by atomic mass is 9.89. The molecule has 2 aromatic rings. The number of H-pyrrole nitrogens is 1. The summed E-state index contributed by atoms with van der Waals surface area (Å²) < 4.78 is 0. The number of nitrogens with zero attached hydrogens (tertiary/aromatic N) is 1. The van der Waals surface area contributed by atoms with Crippen LogP contribution < -0.4 is 0 Å². The Labute approximate surface area is 124 Å². The van der Waals surface area contributed by atoms with Gasteiger partial charge in [0.1, 0.15) is 0 Å². The van der Waals surface area contributed by atoms with Gasteiger partial charge in [0.05, 0.1) is 0 Å². The second-order valence-corrected chi connectivity index (χ2v) is 4.90. The predicted octanol–water partition coefficient (Wildman–Crippen LogP) is 0.831. The average Bonchev–Trinajstić information content (AvgIpc) is 2.87. The van der Waals surface area contributed by atoms with E-state index in [-0.39, 0.29) is 6.42 Å². The number of benzene rings is 1. The van der Waals surface area contributed by atoms with Crippen molar-refractivity contribution in [2.24, 2.45) is 5.16 Å². The highest BCUT2D eigenvalue weighted by atomic mass is 16.4. The molecule has 1 aromatic carbocycles. The van der Waals surface area contributed by atoms with Crippen molar-refractivity contribution >= 4 is 28.6 Å². The summed E-state index contributed by atoms with van der Waals surface area (Å²) in [6.45, 7) is 0. The van der Waals surface area contributed by atoms with E-state index < -0.39 is 29.7 Å². The molecule has 8 nitrogen and oxygen atoms in total. The van der Waals surface area contributed by atoms with Crippen molar-refractivity contribution in [3.8, 4) is 0 Å². The number of hydrogen-bond acceptors (Lipinski definition) is 5. The van der Waals surface area contributed by atoms with Crippen molar-refractivity contribution in [3.63, 3.8) is 0 Å². The Balaban J connectivity index is 2.36. The average molecular weight is 306 g/mol. The molecular formula is C14H14N2O6. The van der Waals surface area contributed by atoms with Gasteiger partial charge in [0.2, 0.25) is 0 Å². The van der Waals surface area contributed by atoms with Gasteiger partial charge >= 0.3 is 11.9 Å². The van der Waals surface area contributed by atoms with Crippen molar-refractivity contribution in [1.29, 1.82) is 0 Å². The van der Waals surface area contributed by atoms with Gasteiger partial charge in [-0.05, 0) is 11.6 Å². The van der Waals surface area contributed by atoms with E-state index in [2.05, 4.69) is 10.1 Å². The smallest absolute Gasteiger partial charge is 0.353 e. The number of fused-ring (bicyclic) bond motifs is 1. The van der Waals surface area contributed by atoms with Crippen LogP contribution in [0, 0.1) is 0 Å². The predicted molar refractivity (Wildman–Crippen MR) is 76.1 cm³/mol. The Hall–Kier alpha value is -2.87. The van der Waals surface area contributed by atoms with E-state index in [1.165, 1.54) is 0 Å². The quantitative estimate of drug-likeness (QED) is 0.304. The van der Waals surface area contributed by atoms with Crippen LogP contribution in [0.2, 0.25) is 0 Å². The number of nitrogens with one attached hydrogen (secondary N) is 1. The highest BCUT2D eigenvalue weighted by Crippen LogP contribution is 2.25. The molecule has 0 aliphatic carbocycles. The van der Waals surface area contributed by atoms with Gasteiger partial charge in [-0.15, -0.1) is 0 Å². The van der Waals surface area contributed by atoms with Crippen LogP contribution >= 0.6 is 0 Å². The number of aliphatic carboxylic acids is 2. The number of oxime groups is 1. The summed E-state index contributed by atoms with van der Waals surface area (Å²) >= 11 is 0. The van der Waals surface area contributed by atoms with Crippen LogP contribution in [-0.4, -0.2) is 48.8 Å². The van der Waals surface area contributed by atoms with Crippen molar-refractivity contribution in [3.05, 3.63) is 36.0 Å². The van der Waals surface area contributed by atoms with Gasteiger partial charge in [-0.1, -0.05) is 23.4 Å². The first kappa shape index (κ1) is 15.5. The number of aromatic amines is 1. The summed E-state index contributed by atoms with van der Waals surface area (Å²) in [5.74, 6) is -3.19. The maximum absolute atomic E-state index is 11.4. The third-order valence-electron chi connectivity index (χ3n) is 3.38. The van der Waals surface area contributed by atoms with E-state index in [0.29, 0.717) is 5.56 Å². The lowest BCUT2D eigenvalue weighted by molar-refractivity contribution is -0.157. The molecule has 22 heavy (non-hydrogen) atoms. The Kier molecular flexibility index (Phi) is 4.13. The fourth-order valence-electron chi connectivity index (χ4n) is 2.24. The molecule has 1 aromatic heterocycles. The van der Waals surface area contributed by atoms with E-state index in [1.807, 2.05) is 0 Å². The third-order valence-corrected chi connectivity index (χ3v) is 3.38. The lowest BCUT2D eigenvalue weighted by Gasteiger charge is -2.22.